The van der Waals surface area contributed by atoms with E-state index in [9.17, 15) is 9.90 Å². The van der Waals surface area contributed by atoms with Crippen molar-refractivity contribution in [2.24, 2.45) is 0 Å². The first-order valence-corrected chi connectivity index (χ1v) is 12.5. The number of carbonyl (C=O) groups is 1. The number of hydrogen-bond acceptors (Lipinski definition) is 14. The van der Waals surface area contributed by atoms with Crippen molar-refractivity contribution in [1.29, 1.82) is 0 Å². The van der Waals surface area contributed by atoms with Gasteiger partial charge in [0, 0.05) is 6.54 Å². The van der Waals surface area contributed by atoms with Crippen molar-refractivity contribution < 1.29 is 28.8 Å². The molecule has 4 aromatic rings. The Bertz CT molecular complexity index is 1490. The first kappa shape index (κ1) is 27.0. The molecule has 4 atom stereocenters. The normalized spacial score (nSPS) is 20.6. The molecule has 1 aliphatic heterocycles. The number of aliphatic hydroxyl groups excluding tert-OH is 1. The Kier molecular flexibility index (Phi) is 7.61. The fourth-order valence-corrected chi connectivity index (χ4v) is 4.43. The van der Waals surface area contributed by atoms with E-state index in [1.807, 2.05) is 32.0 Å². The summed E-state index contributed by atoms with van der Waals surface area (Å²) in [5, 5.41) is 26.4. The summed E-state index contributed by atoms with van der Waals surface area (Å²) in [5.41, 5.74) is 7.84. The van der Waals surface area contributed by atoms with Gasteiger partial charge in [-0.1, -0.05) is 6.07 Å². The van der Waals surface area contributed by atoms with Crippen LogP contribution in [0.1, 0.15) is 43.6 Å². The molecule has 0 radical (unpaired) electrons. The van der Waals surface area contributed by atoms with Gasteiger partial charge in [0.1, 0.15) is 11.6 Å². The van der Waals surface area contributed by atoms with Crippen LogP contribution in [0.15, 0.2) is 24.5 Å². The standard InChI is InChI=1S/C24H30N10O6/c1-12(2)34-31-21(30-32-34)18-17(36)19(39-11-35)23(40-18)33-10-27-16-20(25)28-24(29-22(16)33)26-8-7-13-5-6-14(37-3)15(9-13)38-4/h5-6,9-12,17-19,23,36H,7-8H2,1-4H3,(H3,25,26,28,29)/t17-,18+,19-,23-/m1/s1. The number of nitrogen functional groups attached to an aromatic ring is 1. The number of aliphatic hydroxyl groups is 1. The lowest BCUT2D eigenvalue weighted by Gasteiger charge is -2.19. The summed E-state index contributed by atoms with van der Waals surface area (Å²) in [7, 11) is 3.17. The van der Waals surface area contributed by atoms with Gasteiger partial charge in [0.05, 0.1) is 26.6 Å². The Labute approximate surface area is 228 Å². The van der Waals surface area contributed by atoms with Crippen LogP contribution in [0, 0.1) is 0 Å². The van der Waals surface area contributed by atoms with Crippen molar-refractivity contribution in [2.75, 3.05) is 31.8 Å². The van der Waals surface area contributed by atoms with Crippen LogP contribution < -0.4 is 20.5 Å². The zero-order valence-corrected chi connectivity index (χ0v) is 22.3. The van der Waals surface area contributed by atoms with Gasteiger partial charge in [0.2, 0.25) is 11.8 Å². The molecule has 1 aliphatic rings. The Balaban J connectivity index is 1.38. The molecule has 16 nitrogen and oxygen atoms in total. The van der Waals surface area contributed by atoms with Crippen LogP contribution in [-0.2, 0) is 20.7 Å². The zero-order valence-electron chi connectivity index (χ0n) is 22.3. The minimum absolute atomic E-state index is 0.0486. The number of nitrogens with zero attached hydrogens (tertiary/aromatic N) is 8. The summed E-state index contributed by atoms with van der Waals surface area (Å²) in [6.45, 7) is 4.51. The third kappa shape index (κ3) is 5.05. The molecular weight excluding hydrogens is 524 g/mol. The number of tetrazole rings is 1. The number of imidazole rings is 1. The third-order valence-corrected chi connectivity index (χ3v) is 6.45. The molecule has 0 spiro atoms. The smallest absolute Gasteiger partial charge is 0.293 e. The van der Waals surface area contributed by atoms with E-state index < -0.39 is 24.5 Å². The van der Waals surface area contributed by atoms with Crippen LogP contribution in [0.4, 0.5) is 11.8 Å². The molecule has 4 heterocycles. The third-order valence-electron chi connectivity index (χ3n) is 6.45. The molecule has 1 aromatic carbocycles. The second-order valence-corrected chi connectivity index (χ2v) is 9.32. The summed E-state index contributed by atoms with van der Waals surface area (Å²) in [5.74, 6) is 1.84. The highest BCUT2D eigenvalue weighted by atomic mass is 16.6. The number of nitrogens with two attached hydrogens (primary N) is 1. The molecule has 0 amide bonds. The number of fused-ring (bicyclic) bond motifs is 1. The number of hydrogen-bond donors (Lipinski definition) is 3. The summed E-state index contributed by atoms with van der Waals surface area (Å²) in [6, 6.07) is 5.63. The molecule has 3 aromatic heterocycles. The molecule has 0 unspecified atom stereocenters. The lowest BCUT2D eigenvalue weighted by Crippen LogP contribution is -2.32. The lowest BCUT2D eigenvalue weighted by atomic mass is 10.1. The number of nitrogens with one attached hydrogen (secondary N) is 1. The average molecular weight is 555 g/mol. The molecule has 5 rings (SSSR count). The molecule has 4 N–H and O–H groups in total. The minimum Gasteiger partial charge on any atom is -0.493 e. The molecule has 0 aliphatic carbocycles. The van der Waals surface area contributed by atoms with Gasteiger partial charge >= 0.3 is 0 Å². The molecule has 1 fully saturated rings. The van der Waals surface area contributed by atoms with E-state index in [0.717, 1.165) is 5.56 Å². The van der Waals surface area contributed by atoms with Crippen molar-refractivity contribution in [3.05, 3.63) is 35.9 Å². The van der Waals surface area contributed by atoms with Gasteiger partial charge in [-0.15, -0.1) is 10.2 Å². The van der Waals surface area contributed by atoms with Gasteiger partial charge in [0.25, 0.3) is 6.47 Å². The highest BCUT2D eigenvalue weighted by Crippen LogP contribution is 2.40. The van der Waals surface area contributed by atoms with E-state index in [2.05, 4.69) is 35.7 Å². The van der Waals surface area contributed by atoms with Crippen molar-refractivity contribution in [3.8, 4) is 11.5 Å². The van der Waals surface area contributed by atoms with Gasteiger partial charge in [-0.05, 0) is 43.2 Å². The fraction of sp³-hybridized carbons (Fsp3) is 0.458. The highest BCUT2D eigenvalue weighted by Gasteiger charge is 2.49. The maximum Gasteiger partial charge on any atom is 0.293 e. The van der Waals surface area contributed by atoms with Crippen molar-refractivity contribution in [3.63, 3.8) is 0 Å². The van der Waals surface area contributed by atoms with Gasteiger partial charge < -0.3 is 35.1 Å². The number of anilines is 2. The topological polar surface area (TPSA) is 199 Å². The number of rotatable bonds is 11. The van der Waals surface area contributed by atoms with E-state index in [4.69, 9.17) is 24.7 Å². The number of carbonyl (C=O) groups excluding carboxylic acids is 1. The monoisotopic (exact) mass is 554 g/mol. The predicted octanol–water partition coefficient (Wildman–Crippen LogP) is 0.820. The summed E-state index contributed by atoms with van der Waals surface area (Å²) < 4.78 is 23.5. The Morgan fingerprint density at radius 2 is 2.02 bits per heavy atom. The lowest BCUT2D eigenvalue weighted by molar-refractivity contribution is -0.142. The Morgan fingerprint density at radius 1 is 1.23 bits per heavy atom. The maximum absolute atomic E-state index is 11.3. The van der Waals surface area contributed by atoms with E-state index in [-0.39, 0.29) is 30.1 Å². The molecule has 0 bridgehead atoms. The van der Waals surface area contributed by atoms with Gasteiger partial charge in [0.15, 0.2) is 41.4 Å². The Morgan fingerprint density at radius 3 is 2.73 bits per heavy atom. The van der Waals surface area contributed by atoms with Crippen LogP contribution in [-0.4, -0.2) is 84.3 Å². The second-order valence-electron chi connectivity index (χ2n) is 9.32. The van der Waals surface area contributed by atoms with Crippen molar-refractivity contribution in [1.82, 2.24) is 39.7 Å². The van der Waals surface area contributed by atoms with E-state index >= 15 is 0 Å². The predicted molar refractivity (Wildman–Crippen MR) is 139 cm³/mol. The van der Waals surface area contributed by atoms with Crippen molar-refractivity contribution >= 4 is 29.4 Å². The first-order valence-electron chi connectivity index (χ1n) is 12.5. The first-order chi connectivity index (χ1) is 19.3. The highest BCUT2D eigenvalue weighted by molar-refractivity contribution is 5.83. The van der Waals surface area contributed by atoms with Crippen LogP contribution in [0.3, 0.4) is 0 Å². The molecule has 1 saturated heterocycles. The maximum atomic E-state index is 11.3. The number of aromatic nitrogens is 8. The fourth-order valence-electron chi connectivity index (χ4n) is 4.43. The minimum atomic E-state index is -1.28. The average Bonchev–Trinajstić information content (AvgIpc) is 3.67. The van der Waals surface area contributed by atoms with E-state index in [1.54, 1.807) is 14.2 Å². The quantitative estimate of drug-likeness (QED) is 0.220. The summed E-state index contributed by atoms with van der Waals surface area (Å²) in [4.78, 5) is 25.9. The zero-order chi connectivity index (χ0) is 28.4. The number of methoxy groups -OCH3 is 2. The SMILES string of the molecule is COc1ccc(CCNc2nc(N)c3ncn([C@@H]4O[C@H](c5nnn(C(C)C)n5)[C@@H](O)[C@H]4OC=O)c3n2)cc1OC. The summed E-state index contributed by atoms with van der Waals surface area (Å²) >= 11 is 0. The molecular formula is C24H30N10O6. The van der Waals surface area contributed by atoms with Crippen LogP contribution in [0.25, 0.3) is 11.2 Å². The number of ether oxygens (including phenoxy) is 4. The van der Waals surface area contributed by atoms with Gasteiger partial charge in [-0.2, -0.15) is 14.8 Å². The molecule has 0 saturated carbocycles. The largest absolute Gasteiger partial charge is 0.493 e. The van der Waals surface area contributed by atoms with Crippen molar-refractivity contribution in [2.45, 2.75) is 50.8 Å². The molecule has 212 valence electrons. The molecule has 16 heteroatoms. The van der Waals surface area contributed by atoms with E-state index in [1.165, 1.54) is 15.7 Å². The van der Waals surface area contributed by atoms with Crippen LogP contribution in [0.2, 0.25) is 0 Å². The number of benzene rings is 1. The summed E-state index contributed by atoms with van der Waals surface area (Å²) in [6.07, 6.45) is -2.34. The van der Waals surface area contributed by atoms with Crippen LogP contribution in [0.5, 0.6) is 11.5 Å². The van der Waals surface area contributed by atoms with Gasteiger partial charge in [-0.3, -0.25) is 9.36 Å². The molecule has 40 heavy (non-hydrogen) atoms. The Hall–Kier alpha value is -4.57. The van der Waals surface area contributed by atoms with Gasteiger partial charge in [-0.25, -0.2) is 4.98 Å². The van der Waals surface area contributed by atoms with Crippen LogP contribution >= 0.6 is 0 Å². The second kappa shape index (κ2) is 11.3. The van der Waals surface area contributed by atoms with E-state index in [0.29, 0.717) is 35.6 Å².